The third kappa shape index (κ3) is 4.17. The number of amides is 1. The number of furan rings is 1. The fourth-order valence-electron chi connectivity index (χ4n) is 2.98. The molecule has 2 heterocycles. The van der Waals surface area contributed by atoms with Crippen LogP contribution < -0.4 is 11.1 Å². The van der Waals surface area contributed by atoms with Crippen LogP contribution in [0.3, 0.4) is 0 Å². The first-order valence-corrected chi connectivity index (χ1v) is 8.96. The third-order valence-electron chi connectivity index (χ3n) is 4.66. The van der Waals surface area contributed by atoms with Crippen LogP contribution in [0.1, 0.15) is 32.9 Å². The van der Waals surface area contributed by atoms with Crippen LogP contribution >= 0.6 is 0 Å². The van der Waals surface area contributed by atoms with Gasteiger partial charge >= 0.3 is 5.97 Å². The minimum atomic E-state index is -0.860. The quantitative estimate of drug-likeness (QED) is 0.475. The molecule has 0 aliphatic heterocycles. The molecule has 1 amide bonds. The predicted octanol–water partition coefficient (Wildman–Crippen LogP) is 3.13. The Morgan fingerprint density at radius 3 is 2.73 bits per heavy atom. The van der Waals surface area contributed by atoms with Crippen molar-refractivity contribution in [3.8, 4) is 6.07 Å². The zero-order chi connectivity index (χ0) is 21.8. The van der Waals surface area contributed by atoms with E-state index in [-0.39, 0.29) is 17.1 Å². The molecule has 0 fully saturated rings. The number of rotatable bonds is 6. The molecule has 154 valence electrons. The second-order valence-electron chi connectivity index (χ2n) is 6.57. The number of esters is 1. The van der Waals surface area contributed by atoms with Gasteiger partial charge in [0, 0.05) is 11.4 Å². The molecular weight excluding hydrogens is 391 g/mol. The summed E-state index contributed by atoms with van der Waals surface area (Å²) in [5.74, 6) is -1.16. The Balaban J connectivity index is 1.75. The monoisotopic (exact) mass is 410 g/mol. The lowest BCUT2D eigenvalue weighted by molar-refractivity contribution is -0.119. The Kier molecular flexibility index (Phi) is 5.88. The lowest BCUT2D eigenvalue weighted by atomic mass is 10.2. The summed E-state index contributed by atoms with van der Waals surface area (Å²) < 4.78 is 25.2. The van der Waals surface area contributed by atoms with Gasteiger partial charge < -0.3 is 24.8 Å². The number of nitrogens with two attached hydrogens (primary N) is 1. The molecule has 3 rings (SSSR count). The second-order valence-corrected chi connectivity index (χ2v) is 6.57. The van der Waals surface area contributed by atoms with Gasteiger partial charge in [0.1, 0.15) is 23.5 Å². The topological polar surface area (TPSA) is 123 Å². The summed E-state index contributed by atoms with van der Waals surface area (Å²) in [6.45, 7) is 3.30. The van der Waals surface area contributed by atoms with Crippen molar-refractivity contribution in [3.63, 3.8) is 0 Å². The molecule has 0 saturated carbocycles. The van der Waals surface area contributed by atoms with Crippen LogP contribution in [0, 0.1) is 31.0 Å². The maximum atomic E-state index is 13.1. The minimum absolute atomic E-state index is 0.0465. The number of nitrogen functional groups attached to an aromatic ring is 1. The summed E-state index contributed by atoms with van der Waals surface area (Å²) in [5, 5.41) is 12.2. The number of nitrogens with zero attached hydrogens (tertiary/aromatic N) is 2. The number of ether oxygens (including phenoxy) is 1. The van der Waals surface area contributed by atoms with E-state index in [9.17, 15) is 19.2 Å². The number of benzene rings is 1. The summed E-state index contributed by atoms with van der Waals surface area (Å²) >= 11 is 0. The fourth-order valence-corrected chi connectivity index (χ4v) is 2.98. The highest BCUT2D eigenvalue weighted by molar-refractivity contribution is 5.98. The average Bonchev–Trinajstić information content (AvgIpc) is 3.29. The van der Waals surface area contributed by atoms with Crippen molar-refractivity contribution < 1.29 is 23.1 Å². The highest BCUT2D eigenvalue weighted by Gasteiger charge is 2.21. The zero-order valence-corrected chi connectivity index (χ0v) is 16.4. The van der Waals surface area contributed by atoms with Crippen molar-refractivity contribution in [1.82, 2.24) is 4.57 Å². The molecule has 0 unspecified atom stereocenters. The molecule has 1 aromatic carbocycles. The predicted molar refractivity (Wildman–Crippen MR) is 106 cm³/mol. The number of nitrogens with one attached hydrogen (secondary N) is 1. The Morgan fingerprint density at radius 1 is 1.33 bits per heavy atom. The van der Waals surface area contributed by atoms with E-state index < -0.39 is 24.3 Å². The first-order chi connectivity index (χ1) is 14.3. The SMILES string of the molecule is Cc1c(C#N)c(NC(=O)COC(=O)c2ccc(F)cc2N)n(Cc2ccco2)c1C. The van der Waals surface area contributed by atoms with E-state index >= 15 is 0 Å². The molecule has 9 heteroatoms. The zero-order valence-electron chi connectivity index (χ0n) is 16.4. The lowest BCUT2D eigenvalue weighted by Crippen LogP contribution is -2.23. The van der Waals surface area contributed by atoms with Crippen LogP contribution in [-0.4, -0.2) is 23.1 Å². The van der Waals surface area contributed by atoms with Crippen LogP contribution in [0.25, 0.3) is 0 Å². The molecule has 2 aromatic heterocycles. The molecule has 0 saturated heterocycles. The number of nitriles is 1. The summed E-state index contributed by atoms with van der Waals surface area (Å²) in [4.78, 5) is 24.5. The van der Waals surface area contributed by atoms with Crippen molar-refractivity contribution >= 4 is 23.4 Å². The number of anilines is 2. The van der Waals surface area contributed by atoms with Crippen LogP contribution in [0.5, 0.6) is 0 Å². The number of halogens is 1. The van der Waals surface area contributed by atoms with Crippen molar-refractivity contribution in [2.24, 2.45) is 0 Å². The van der Waals surface area contributed by atoms with E-state index in [1.165, 1.54) is 12.3 Å². The van der Waals surface area contributed by atoms with E-state index in [1.54, 1.807) is 23.6 Å². The standard InChI is InChI=1S/C21H19FN4O4/c1-12-13(2)26(10-15-4-3-7-29-15)20(17(12)9-23)25-19(27)11-30-21(28)16-6-5-14(22)8-18(16)24/h3-8H,10-11,24H2,1-2H3,(H,25,27). The molecule has 8 nitrogen and oxygen atoms in total. The summed E-state index contributed by atoms with van der Waals surface area (Å²) in [7, 11) is 0. The third-order valence-corrected chi connectivity index (χ3v) is 4.66. The second kappa shape index (κ2) is 8.53. The van der Waals surface area contributed by atoms with Crippen molar-refractivity contribution in [2.75, 3.05) is 17.7 Å². The van der Waals surface area contributed by atoms with E-state index in [0.29, 0.717) is 17.9 Å². The van der Waals surface area contributed by atoms with Gasteiger partial charge in [0.15, 0.2) is 6.61 Å². The van der Waals surface area contributed by atoms with Crippen molar-refractivity contribution in [1.29, 1.82) is 5.26 Å². The molecule has 0 atom stereocenters. The van der Waals surface area contributed by atoms with Crippen LogP contribution in [0.2, 0.25) is 0 Å². The fraction of sp³-hybridized carbons (Fsp3) is 0.190. The molecular formula is C21H19FN4O4. The Labute approximate surface area is 171 Å². The van der Waals surface area contributed by atoms with Gasteiger partial charge in [0.05, 0.1) is 23.9 Å². The molecule has 0 aliphatic rings. The molecule has 3 N–H and O–H groups in total. The molecule has 0 aliphatic carbocycles. The van der Waals surface area contributed by atoms with Crippen LogP contribution in [0.15, 0.2) is 41.0 Å². The Bertz CT molecular complexity index is 1140. The number of carbonyl (C=O) groups is 2. The summed E-state index contributed by atoms with van der Waals surface area (Å²) in [6, 6.07) is 8.85. The van der Waals surface area contributed by atoms with Crippen LogP contribution in [0.4, 0.5) is 15.9 Å². The summed E-state index contributed by atoms with van der Waals surface area (Å²) in [6.07, 6.45) is 1.53. The van der Waals surface area contributed by atoms with E-state index in [0.717, 1.165) is 23.4 Å². The van der Waals surface area contributed by atoms with Crippen LogP contribution in [-0.2, 0) is 16.1 Å². The van der Waals surface area contributed by atoms with Crippen molar-refractivity contribution in [2.45, 2.75) is 20.4 Å². The number of carbonyl (C=O) groups excluding carboxylic acids is 2. The summed E-state index contributed by atoms with van der Waals surface area (Å²) in [5.41, 5.74) is 7.28. The number of hydrogen-bond donors (Lipinski definition) is 2. The highest BCUT2D eigenvalue weighted by atomic mass is 19.1. The first-order valence-electron chi connectivity index (χ1n) is 8.96. The molecule has 30 heavy (non-hydrogen) atoms. The van der Waals surface area contributed by atoms with Gasteiger partial charge in [-0.15, -0.1) is 0 Å². The van der Waals surface area contributed by atoms with Gasteiger partial charge in [-0.3, -0.25) is 4.79 Å². The van der Waals surface area contributed by atoms with Gasteiger partial charge in [-0.2, -0.15) is 5.26 Å². The Hall–Kier alpha value is -4.06. The molecule has 0 radical (unpaired) electrons. The lowest BCUT2D eigenvalue weighted by Gasteiger charge is -2.12. The Morgan fingerprint density at radius 2 is 2.10 bits per heavy atom. The maximum Gasteiger partial charge on any atom is 0.340 e. The normalized spacial score (nSPS) is 10.5. The molecule has 0 bridgehead atoms. The average molecular weight is 410 g/mol. The minimum Gasteiger partial charge on any atom is -0.467 e. The van der Waals surface area contributed by atoms with E-state index in [1.807, 2.05) is 6.92 Å². The van der Waals surface area contributed by atoms with Gasteiger partial charge in [-0.05, 0) is 49.7 Å². The van der Waals surface area contributed by atoms with Gasteiger partial charge in [-0.1, -0.05) is 0 Å². The molecule has 3 aromatic rings. The maximum absolute atomic E-state index is 13.1. The smallest absolute Gasteiger partial charge is 0.340 e. The first kappa shape index (κ1) is 20.7. The van der Waals surface area contributed by atoms with E-state index in [4.69, 9.17) is 14.9 Å². The number of aromatic nitrogens is 1. The molecule has 0 spiro atoms. The largest absolute Gasteiger partial charge is 0.467 e. The van der Waals surface area contributed by atoms with Gasteiger partial charge in [0.2, 0.25) is 0 Å². The van der Waals surface area contributed by atoms with Gasteiger partial charge in [0.25, 0.3) is 5.91 Å². The van der Waals surface area contributed by atoms with Gasteiger partial charge in [-0.25, -0.2) is 9.18 Å². The van der Waals surface area contributed by atoms with Crippen molar-refractivity contribution in [3.05, 3.63) is 70.6 Å². The van der Waals surface area contributed by atoms with E-state index in [2.05, 4.69) is 11.4 Å². The number of hydrogen-bond acceptors (Lipinski definition) is 6. The highest BCUT2D eigenvalue weighted by Crippen LogP contribution is 2.27.